The van der Waals surface area contributed by atoms with Crippen molar-refractivity contribution in [1.29, 1.82) is 0 Å². The highest BCUT2D eigenvalue weighted by molar-refractivity contribution is 7.80. The number of rotatable bonds is 5. The topological polar surface area (TPSA) is 51.1 Å². The van der Waals surface area contributed by atoms with Crippen LogP contribution >= 0.6 is 12.2 Å². The summed E-state index contributed by atoms with van der Waals surface area (Å²) < 4.78 is 31.3. The van der Waals surface area contributed by atoms with E-state index in [-0.39, 0.29) is 10.9 Å². The molecule has 8 heteroatoms. The van der Waals surface area contributed by atoms with Gasteiger partial charge < -0.3 is 15.4 Å². The van der Waals surface area contributed by atoms with Gasteiger partial charge in [0, 0.05) is 6.54 Å². The lowest BCUT2D eigenvalue weighted by Gasteiger charge is -2.15. The Morgan fingerprint density at radius 1 is 1.30 bits per heavy atom. The maximum absolute atomic E-state index is 12.5. The number of alkyl halides is 2. The molecule has 1 aromatic carbocycles. The summed E-state index contributed by atoms with van der Waals surface area (Å²) >= 11 is 5.24. The van der Waals surface area contributed by atoms with E-state index >= 15 is 0 Å². The zero-order valence-electron chi connectivity index (χ0n) is 13.1. The number of hydrogen-bond acceptors (Lipinski definition) is 3. The number of nitrogens with one attached hydrogen (secondary N) is 2. The molecule has 0 fully saturated rings. The van der Waals surface area contributed by atoms with Crippen molar-refractivity contribution in [2.24, 2.45) is 0 Å². The number of anilines is 2. The molecule has 0 saturated heterocycles. The first-order chi connectivity index (χ1) is 10.9. The number of ether oxygens (including phenoxy) is 1. The third-order valence-electron chi connectivity index (χ3n) is 3.25. The number of halogens is 2. The molecule has 0 aliphatic rings. The second-order valence-corrected chi connectivity index (χ2v) is 5.32. The van der Waals surface area contributed by atoms with E-state index in [0.717, 1.165) is 23.5 Å². The van der Waals surface area contributed by atoms with Crippen LogP contribution < -0.4 is 15.4 Å². The van der Waals surface area contributed by atoms with E-state index in [4.69, 9.17) is 12.2 Å². The van der Waals surface area contributed by atoms with E-state index in [1.807, 2.05) is 25.5 Å². The molecule has 2 aromatic rings. The zero-order valence-corrected chi connectivity index (χ0v) is 13.9. The number of aromatic nitrogens is 2. The average molecular weight is 340 g/mol. The molecule has 1 heterocycles. The molecule has 0 unspecified atom stereocenters. The van der Waals surface area contributed by atoms with Crippen LogP contribution in [-0.4, -0.2) is 21.5 Å². The van der Waals surface area contributed by atoms with E-state index < -0.39 is 6.61 Å². The van der Waals surface area contributed by atoms with Crippen molar-refractivity contribution < 1.29 is 13.5 Å². The van der Waals surface area contributed by atoms with Crippen molar-refractivity contribution in [1.82, 2.24) is 9.78 Å². The lowest BCUT2D eigenvalue weighted by molar-refractivity contribution is -0.0493. The van der Waals surface area contributed by atoms with Crippen molar-refractivity contribution >= 4 is 28.7 Å². The third kappa shape index (κ3) is 4.38. The minimum absolute atomic E-state index is 0.0377. The molecule has 124 valence electrons. The number of hydrogen-bond donors (Lipinski definition) is 2. The second kappa shape index (κ2) is 7.36. The molecule has 0 atom stereocenters. The van der Waals surface area contributed by atoms with Gasteiger partial charge in [-0.15, -0.1) is 0 Å². The fraction of sp³-hybridized carbons (Fsp3) is 0.333. The molecular weight excluding hydrogens is 322 g/mol. The summed E-state index contributed by atoms with van der Waals surface area (Å²) in [5.74, 6) is 0.0377. The molecule has 0 saturated carbocycles. The standard InChI is InChI=1S/C15H18F2N4OS/c1-4-21-10(3)12(8-18-21)20-15(23)19-11-7-9(2)5-6-13(11)22-14(16)17/h5-8,14H,4H2,1-3H3,(H2,19,20,23). The number of thiocarbonyl (C=S) groups is 1. The summed E-state index contributed by atoms with van der Waals surface area (Å²) in [7, 11) is 0. The lowest BCUT2D eigenvalue weighted by Crippen LogP contribution is -2.20. The predicted molar refractivity (Wildman–Crippen MR) is 90.3 cm³/mol. The summed E-state index contributed by atoms with van der Waals surface area (Å²) in [5, 5.41) is 10.4. The Morgan fingerprint density at radius 3 is 2.61 bits per heavy atom. The molecular formula is C15H18F2N4OS. The van der Waals surface area contributed by atoms with Crippen molar-refractivity contribution in [3.63, 3.8) is 0 Å². The van der Waals surface area contributed by atoms with Gasteiger partial charge in [0.25, 0.3) is 0 Å². The van der Waals surface area contributed by atoms with E-state index in [1.165, 1.54) is 6.07 Å². The molecule has 5 nitrogen and oxygen atoms in total. The van der Waals surface area contributed by atoms with Gasteiger partial charge >= 0.3 is 6.61 Å². The molecule has 0 aliphatic carbocycles. The molecule has 0 aliphatic heterocycles. The molecule has 2 N–H and O–H groups in total. The maximum atomic E-state index is 12.5. The predicted octanol–water partition coefficient (Wildman–Crippen LogP) is 3.93. The summed E-state index contributed by atoms with van der Waals surface area (Å²) in [6.07, 6.45) is 1.67. The maximum Gasteiger partial charge on any atom is 0.387 e. The van der Waals surface area contributed by atoms with Gasteiger partial charge in [0.2, 0.25) is 0 Å². The fourth-order valence-electron chi connectivity index (χ4n) is 2.10. The van der Waals surface area contributed by atoms with Crippen LogP contribution in [0.15, 0.2) is 24.4 Å². The molecule has 2 rings (SSSR count). The fourth-order valence-corrected chi connectivity index (χ4v) is 2.32. The second-order valence-electron chi connectivity index (χ2n) is 4.92. The number of aryl methyl sites for hydroxylation is 2. The minimum atomic E-state index is -2.90. The van der Waals surface area contributed by atoms with Gasteiger partial charge in [-0.3, -0.25) is 4.68 Å². The lowest BCUT2D eigenvalue weighted by atomic mass is 10.2. The van der Waals surface area contributed by atoms with Crippen molar-refractivity contribution in [2.45, 2.75) is 33.9 Å². The van der Waals surface area contributed by atoms with Crippen LogP contribution in [0.3, 0.4) is 0 Å². The molecule has 1 aromatic heterocycles. The normalized spacial score (nSPS) is 10.7. The Hall–Kier alpha value is -2.22. The van der Waals surface area contributed by atoms with Crippen molar-refractivity contribution in [3.05, 3.63) is 35.7 Å². The minimum Gasteiger partial charge on any atom is -0.433 e. The SMILES string of the molecule is CCn1ncc(NC(=S)Nc2cc(C)ccc2OC(F)F)c1C. The Morgan fingerprint density at radius 2 is 2.00 bits per heavy atom. The Kier molecular flexibility index (Phi) is 5.49. The monoisotopic (exact) mass is 340 g/mol. The highest BCUT2D eigenvalue weighted by atomic mass is 32.1. The van der Waals surface area contributed by atoms with Crippen molar-refractivity contribution in [2.75, 3.05) is 10.6 Å². The number of benzene rings is 1. The van der Waals surface area contributed by atoms with Crippen LogP contribution in [0, 0.1) is 13.8 Å². The van der Waals surface area contributed by atoms with Gasteiger partial charge in [-0.2, -0.15) is 13.9 Å². The highest BCUT2D eigenvalue weighted by Crippen LogP contribution is 2.27. The summed E-state index contributed by atoms with van der Waals surface area (Å²) in [4.78, 5) is 0. The van der Waals surface area contributed by atoms with E-state index in [2.05, 4.69) is 20.5 Å². The average Bonchev–Trinajstić information content (AvgIpc) is 2.82. The summed E-state index contributed by atoms with van der Waals surface area (Å²) in [6.45, 7) is 3.60. The van der Waals surface area contributed by atoms with Crippen LogP contribution in [0.5, 0.6) is 5.75 Å². The first-order valence-corrected chi connectivity index (χ1v) is 7.47. The summed E-state index contributed by atoms with van der Waals surface area (Å²) in [5.41, 5.74) is 2.97. The molecule has 0 bridgehead atoms. The van der Waals surface area contributed by atoms with Gasteiger partial charge in [0.1, 0.15) is 5.75 Å². The van der Waals surface area contributed by atoms with Gasteiger partial charge in [0.15, 0.2) is 5.11 Å². The molecule has 0 amide bonds. The highest BCUT2D eigenvalue weighted by Gasteiger charge is 2.12. The van der Waals surface area contributed by atoms with Gasteiger partial charge in [0.05, 0.1) is 23.3 Å². The third-order valence-corrected chi connectivity index (χ3v) is 3.45. The molecule has 23 heavy (non-hydrogen) atoms. The Bertz CT molecular complexity index is 703. The Labute approximate surface area is 138 Å². The molecule has 0 radical (unpaired) electrons. The molecule has 0 spiro atoms. The van der Waals surface area contributed by atoms with Gasteiger partial charge in [-0.1, -0.05) is 6.07 Å². The van der Waals surface area contributed by atoms with Crippen LogP contribution in [0.4, 0.5) is 20.2 Å². The summed E-state index contributed by atoms with van der Waals surface area (Å²) in [6, 6.07) is 4.86. The smallest absolute Gasteiger partial charge is 0.387 e. The van der Waals surface area contributed by atoms with E-state index in [9.17, 15) is 8.78 Å². The number of nitrogens with zero attached hydrogens (tertiary/aromatic N) is 2. The first-order valence-electron chi connectivity index (χ1n) is 7.06. The van der Waals surface area contributed by atoms with Crippen LogP contribution in [0.25, 0.3) is 0 Å². The zero-order chi connectivity index (χ0) is 17.0. The quantitative estimate of drug-likeness (QED) is 0.808. The van der Waals surface area contributed by atoms with Crippen LogP contribution in [0.2, 0.25) is 0 Å². The van der Waals surface area contributed by atoms with Crippen molar-refractivity contribution in [3.8, 4) is 5.75 Å². The van der Waals surface area contributed by atoms with E-state index in [1.54, 1.807) is 18.3 Å². The van der Waals surface area contributed by atoms with Crippen LogP contribution in [-0.2, 0) is 6.54 Å². The first kappa shape index (κ1) is 17.1. The Balaban J connectivity index is 2.13. The van der Waals surface area contributed by atoms with Gasteiger partial charge in [-0.25, -0.2) is 0 Å². The van der Waals surface area contributed by atoms with Gasteiger partial charge in [-0.05, 0) is 50.7 Å². The van der Waals surface area contributed by atoms with E-state index in [0.29, 0.717) is 5.69 Å². The largest absolute Gasteiger partial charge is 0.433 e. The van der Waals surface area contributed by atoms with Crippen LogP contribution in [0.1, 0.15) is 18.2 Å².